The van der Waals surface area contributed by atoms with Crippen LogP contribution in [0.25, 0.3) is 0 Å². The second-order valence-electron chi connectivity index (χ2n) is 5.96. The van der Waals surface area contributed by atoms with E-state index in [4.69, 9.17) is 0 Å². The summed E-state index contributed by atoms with van der Waals surface area (Å²) >= 11 is 0. The van der Waals surface area contributed by atoms with E-state index in [1.807, 2.05) is 19.9 Å². The first kappa shape index (κ1) is 24.1. The summed E-state index contributed by atoms with van der Waals surface area (Å²) in [4.78, 5) is 4.49. The van der Waals surface area contributed by atoms with E-state index >= 15 is 0 Å². The van der Waals surface area contributed by atoms with Crippen molar-refractivity contribution < 1.29 is 12.8 Å². The van der Waals surface area contributed by atoms with Crippen LogP contribution in [-0.2, 0) is 16.3 Å². The first-order valence-electron chi connectivity index (χ1n) is 8.27. The molecule has 0 aliphatic rings. The highest BCUT2D eigenvalue weighted by atomic mass is 127. The molecule has 0 aliphatic heterocycles. The van der Waals surface area contributed by atoms with E-state index in [0.29, 0.717) is 18.9 Å². The van der Waals surface area contributed by atoms with Gasteiger partial charge in [-0.2, -0.15) is 0 Å². The molecule has 0 bridgehead atoms. The molecule has 0 spiro atoms. The van der Waals surface area contributed by atoms with Crippen molar-refractivity contribution in [2.24, 2.45) is 4.99 Å². The van der Waals surface area contributed by atoms with Crippen LogP contribution in [-0.4, -0.2) is 45.5 Å². The normalized spacial score (nSPS) is 13.0. The molecule has 1 aromatic carbocycles. The summed E-state index contributed by atoms with van der Waals surface area (Å²) in [5, 5.41) is 6.36. The van der Waals surface area contributed by atoms with Crippen LogP contribution < -0.4 is 10.6 Å². The van der Waals surface area contributed by atoms with E-state index in [9.17, 15) is 12.8 Å². The van der Waals surface area contributed by atoms with Crippen LogP contribution in [0, 0.1) is 5.82 Å². The van der Waals surface area contributed by atoms with E-state index in [1.165, 1.54) is 12.3 Å². The third kappa shape index (κ3) is 12.1. The minimum Gasteiger partial charge on any atom is -0.357 e. The lowest BCUT2D eigenvalue weighted by Crippen LogP contribution is -2.42. The van der Waals surface area contributed by atoms with Gasteiger partial charge in [0.2, 0.25) is 0 Å². The fourth-order valence-electron chi connectivity index (χ4n) is 2.18. The summed E-state index contributed by atoms with van der Waals surface area (Å²) in [6, 6.07) is 6.61. The summed E-state index contributed by atoms with van der Waals surface area (Å²) in [6.45, 7) is 5.26. The Morgan fingerprint density at radius 2 is 2.08 bits per heavy atom. The Morgan fingerprint density at radius 1 is 1.36 bits per heavy atom. The molecule has 1 atom stereocenters. The number of sulfone groups is 1. The van der Waals surface area contributed by atoms with Crippen molar-refractivity contribution in [2.75, 3.05) is 25.1 Å². The molecular formula is C17H29FIN3O2S. The Morgan fingerprint density at radius 3 is 2.68 bits per heavy atom. The largest absolute Gasteiger partial charge is 0.357 e. The average Bonchev–Trinajstić information content (AvgIpc) is 2.49. The molecule has 5 nitrogen and oxygen atoms in total. The number of benzene rings is 1. The molecule has 1 unspecified atom stereocenters. The van der Waals surface area contributed by atoms with Crippen LogP contribution in [0.4, 0.5) is 4.39 Å². The summed E-state index contributed by atoms with van der Waals surface area (Å²) in [7, 11) is -2.95. The maximum Gasteiger partial charge on any atom is 0.191 e. The van der Waals surface area contributed by atoms with E-state index in [0.717, 1.165) is 24.9 Å². The van der Waals surface area contributed by atoms with Crippen LogP contribution in [0.1, 0.15) is 32.3 Å². The van der Waals surface area contributed by atoms with Gasteiger partial charge in [-0.05, 0) is 50.8 Å². The van der Waals surface area contributed by atoms with Crippen LogP contribution in [0.2, 0.25) is 0 Å². The number of rotatable bonds is 9. The van der Waals surface area contributed by atoms with Crippen LogP contribution in [0.15, 0.2) is 29.3 Å². The zero-order valence-corrected chi connectivity index (χ0v) is 18.2. The second-order valence-corrected chi connectivity index (χ2v) is 8.22. The molecule has 0 aromatic heterocycles. The maximum absolute atomic E-state index is 13.1. The van der Waals surface area contributed by atoms with Gasteiger partial charge in [-0.3, -0.25) is 4.99 Å². The third-order valence-electron chi connectivity index (χ3n) is 3.43. The van der Waals surface area contributed by atoms with E-state index in [-0.39, 0.29) is 41.6 Å². The van der Waals surface area contributed by atoms with Crippen LogP contribution in [0.5, 0.6) is 0 Å². The highest BCUT2D eigenvalue weighted by molar-refractivity contribution is 14.0. The molecular weight excluding hydrogens is 456 g/mol. The number of halogens is 2. The van der Waals surface area contributed by atoms with E-state index in [1.54, 1.807) is 12.1 Å². The standard InChI is InChI=1S/C17H28FN3O2S.HI/c1-4-19-17(21-14(2)10-12-24(3,22)23)20-11-6-8-15-7-5-9-16(18)13-15;/h5,7,9,13-14H,4,6,8,10-12H2,1-3H3,(H2,19,20,21);1H. The van der Waals surface area contributed by atoms with Gasteiger partial charge in [0.15, 0.2) is 5.96 Å². The van der Waals surface area contributed by atoms with Gasteiger partial charge in [0.05, 0.1) is 5.75 Å². The monoisotopic (exact) mass is 485 g/mol. The molecule has 0 heterocycles. The number of guanidine groups is 1. The summed E-state index contributed by atoms with van der Waals surface area (Å²) in [5.41, 5.74) is 0.963. The number of hydrogen-bond donors (Lipinski definition) is 2. The summed E-state index contributed by atoms with van der Waals surface area (Å²) < 4.78 is 35.5. The van der Waals surface area contributed by atoms with Crippen molar-refractivity contribution in [3.63, 3.8) is 0 Å². The van der Waals surface area contributed by atoms with Crippen LogP contribution >= 0.6 is 24.0 Å². The predicted octanol–water partition coefficient (Wildman–Crippen LogP) is 2.75. The molecule has 0 fully saturated rings. The number of hydrogen-bond acceptors (Lipinski definition) is 3. The Kier molecular flexibility index (Phi) is 12.0. The quantitative estimate of drug-likeness (QED) is 0.244. The highest BCUT2D eigenvalue weighted by Crippen LogP contribution is 2.06. The lowest BCUT2D eigenvalue weighted by atomic mass is 10.1. The molecule has 0 saturated heterocycles. The molecule has 0 radical (unpaired) electrons. The van der Waals surface area contributed by atoms with E-state index in [2.05, 4.69) is 15.6 Å². The van der Waals surface area contributed by atoms with Gasteiger partial charge >= 0.3 is 0 Å². The topological polar surface area (TPSA) is 70.6 Å². The van der Waals surface area contributed by atoms with Crippen molar-refractivity contribution >= 4 is 39.8 Å². The molecule has 1 rings (SSSR count). The van der Waals surface area contributed by atoms with Gasteiger partial charge in [-0.25, -0.2) is 12.8 Å². The van der Waals surface area contributed by atoms with Crippen molar-refractivity contribution in [3.05, 3.63) is 35.6 Å². The number of nitrogens with zero attached hydrogens (tertiary/aromatic N) is 1. The second kappa shape index (κ2) is 12.5. The maximum atomic E-state index is 13.1. The Labute approximate surface area is 167 Å². The Bertz CT molecular complexity index is 639. The molecule has 8 heteroatoms. The summed E-state index contributed by atoms with van der Waals surface area (Å²) in [6.07, 6.45) is 3.36. The molecule has 2 N–H and O–H groups in total. The van der Waals surface area contributed by atoms with Crippen molar-refractivity contribution in [2.45, 2.75) is 39.2 Å². The molecule has 0 aliphatic carbocycles. The fraction of sp³-hybridized carbons (Fsp3) is 0.588. The number of nitrogens with one attached hydrogen (secondary N) is 2. The first-order chi connectivity index (χ1) is 11.3. The van der Waals surface area contributed by atoms with Gasteiger partial charge in [0.1, 0.15) is 15.7 Å². The van der Waals surface area contributed by atoms with Gasteiger partial charge in [0.25, 0.3) is 0 Å². The SMILES string of the molecule is CCNC(=NCCCc1cccc(F)c1)NC(C)CCS(C)(=O)=O.I. The number of aryl methyl sites for hydroxylation is 1. The first-order valence-corrected chi connectivity index (χ1v) is 10.3. The molecule has 144 valence electrons. The minimum atomic E-state index is -2.95. The smallest absolute Gasteiger partial charge is 0.191 e. The van der Waals surface area contributed by atoms with Crippen LogP contribution in [0.3, 0.4) is 0 Å². The lowest BCUT2D eigenvalue weighted by molar-refractivity contribution is 0.581. The average molecular weight is 485 g/mol. The molecule has 25 heavy (non-hydrogen) atoms. The van der Waals surface area contributed by atoms with Gasteiger partial charge < -0.3 is 10.6 Å². The summed E-state index contributed by atoms with van der Waals surface area (Å²) in [5.74, 6) is 0.614. The zero-order valence-electron chi connectivity index (χ0n) is 15.1. The van der Waals surface area contributed by atoms with E-state index < -0.39 is 9.84 Å². The predicted molar refractivity (Wildman–Crippen MR) is 113 cm³/mol. The van der Waals surface area contributed by atoms with Gasteiger partial charge in [-0.1, -0.05) is 12.1 Å². The minimum absolute atomic E-state index is 0. The third-order valence-corrected chi connectivity index (χ3v) is 4.41. The Balaban J connectivity index is 0.00000576. The van der Waals surface area contributed by atoms with Crippen molar-refractivity contribution in [1.29, 1.82) is 0 Å². The highest BCUT2D eigenvalue weighted by Gasteiger charge is 2.09. The lowest BCUT2D eigenvalue weighted by Gasteiger charge is -2.17. The van der Waals surface area contributed by atoms with Gasteiger partial charge in [0, 0.05) is 25.4 Å². The molecule has 0 amide bonds. The van der Waals surface area contributed by atoms with Crippen molar-refractivity contribution in [3.8, 4) is 0 Å². The number of aliphatic imine (C=N–C) groups is 1. The van der Waals surface area contributed by atoms with Gasteiger partial charge in [-0.15, -0.1) is 24.0 Å². The molecule has 1 aromatic rings. The van der Waals surface area contributed by atoms with Crippen molar-refractivity contribution in [1.82, 2.24) is 10.6 Å². The Hall–Kier alpha value is -0.900. The fourth-order valence-corrected chi connectivity index (χ4v) is 2.96. The zero-order chi connectivity index (χ0) is 18.0. The molecule has 0 saturated carbocycles.